The molecule has 158 valence electrons. The number of carbonyl (C=O) groups is 2. The molecule has 0 fully saturated rings. The Morgan fingerprint density at radius 3 is 2.40 bits per heavy atom. The van der Waals surface area contributed by atoms with Gasteiger partial charge < -0.3 is 10.1 Å². The second-order valence-electron chi connectivity index (χ2n) is 7.43. The minimum absolute atomic E-state index is 0.245. The van der Waals surface area contributed by atoms with Crippen LogP contribution in [0.4, 0.5) is 15.5 Å². The molecule has 3 aromatic rings. The number of rotatable bonds is 4. The van der Waals surface area contributed by atoms with Crippen LogP contribution >= 0.6 is 34.5 Å². The largest absolute Gasteiger partial charge is 0.456 e. The first-order chi connectivity index (χ1) is 14.0. The van der Waals surface area contributed by atoms with E-state index < -0.39 is 17.6 Å². The number of benzene rings is 1. The van der Waals surface area contributed by atoms with Gasteiger partial charge in [-0.15, -0.1) is 11.3 Å². The number of urea groups is 1. The molecule has 0 aliphatic carbocycles. The molecular formula is C20H20Cl2N4O3S. The van der Waals surface area contributed by atoms with E-state index in [1.54, 1.807) is 63.0 Å². The molecule has 1 aromatic carbocycles. The fourth-order valence-corrected chi connectivity index (χ4v) is 4.03. The molecule has 3 rings (SSSR count). The molecule has 7 nitrogen and oxygen atoms in total. The molecular weight excluding hydrogens is 447 g/mol. The van der Waals surface area contributed by atoms with Gasteiger partial charge in [-0.3, -0.25) is 10.00 Å². The molecule has 2 amide bonds. The number of halogens is 2. The normalized spacial score (nSPS) is 11.3. The monoisotopic (exact) mass is 466 g/mol. The average Bonchev–Trinajstić information content (AvgIpc) is 3.23. The summed E-state index contributed by atoms with van der Waals surface area (Å²) in [6.07, 6.45) is 3.50. The molecule has 30 heavy (non-hydrogen) atoms. The quantitative estimate of drug-likeness (QED) is 0.457. The second-order valence-corrected chi connectivity index (χ2v) is 9.30. The first kappa shape index (κ1) is 22.1. The van der Waals surface area contributed by atoms with Crippen LogP contribution in [0.1, 0.15) is 31.1 Å². The number of amides is 2. The third-order valence-electron chi connectivity index (χ3n) is 3.77. The smallest absolute Gasteiger partial charge is 0.341 e. The molecule has 0 radical (unpaired) electrons. The van der Waals surface area contributed by atoms with Crippen molar-refractivity contribution in [1.82, 2.24) is 9.78 Å². The van der Waals surface area contributed by atoms with Gasteiger partial charge in [0.25, 0.3) is 0 Å². The summed E-state index contributed by atoms with van der Waals surface area (Å²) in [4.78, 5) is 26.1. The number of para-hydroxylation sites is 1. The summed E-state index contributed by atoms with van der Waals surface area (Å²) < 4.78 is 7.14. The molecule has 0 unspecified atom stereocenters. The van der Waals surface area contributed by atoms with Crippen LogP contribution in [0.15, 0.2) is 36.7 Å². The van der Waals surface area contributed by atoms with Crippen LogP contribution in [0.5, 0.6) is 0 Å². The zero-order valence-corrected chi connectivity index (χ0v) is 19.1. The standard InChI is InChI=1S/C20H20Cl2N4O3S/c1-20(2,3)29-18(27)12-8-15(11-9-23-26(4)10-11)30-17(12)25-19(28)24-16-13(21)6-5-7-14(16)22/h5-10H,1-4H3,(H2,24,25,28). The number of nitrogens with zero attached hydrogens (tertiary/aromatic N) is 2. The van der Waals surface area contributed by atoms with Crippen molar-refractivity contribution in [3.8, 4) is 10.4 Å². The van der Waals surface area contributed by atoms with Crippen LogP contribution in [-0.2, 0) is 11.8 Å². The first-order valence-corrected chi connectivity index (χ1v) is 10.5. The lowest BCUT2D eigenvalue weighted by atomic mass is 10.2. The maximum Gasteiger partial charge on any atom is 0.341 e. The van der Waals surface area contributed by atoms with Crippen LogP contribution in [0.25, 0.3) is 10.4 Å². The van der Waals surface area contributed by atoms with Crippen LogP contribution in [0.3, 0.4) is 0 Å². The molecule has 0 aliphatic heterocycles. The van der Waals surface area contributed by atoms with Crippen molar-refractivity contribution in [2.45, 2.75) is 26.4 Å². The van der Waals surface area contributed by atoms with E-state index in [0.717, 1.165) is 10.4 Å². The van der Waals surface area contributed by atoms with E-state index in [4.69, 9.17) is 27.9 Å². The van der Waals surface area contributed by atoms with E-state index in [1.807, 2.05) is 6.20 Å². The van der Waals surface area contributed by atoms with Crippen LogP contribution in [0, 0.1) is 0 Å². The van der Waals surface area contributed by atoms with Gasteiger partial charge in [0.1, 0.15) is 10.6 Å². The Morgan fingerprint density at radius 1 is 1.17 bits per heavy atom. The number of hydrogen-bond acceptors (Lipinski definition) is 5. The second kappa shape index (κ2) is 8.67. The fourth-order valence-electron chi connectivity index (χ4n) is 2.52. The highest BCUT2D eigenvalue weighted by atomic mass is 35.5. The van der Waals surface area contributed by atoms with Crippen molar-refractivity contribution >= 4 is 57.2 Å². The number of carbonyl (C=O) groups excluding carboxylic acids is 2. The Kier molecular flexibility index (Phi) is 6.40. The van der Waals surface area contributed by atoms with Gasteiger partial charge in [0, 0.05) is 23.7 Å². The number of nitrogens with one attached hydrogen (secondary N) is 2. The summed E-state index contributed by atoms with van der Waals surface area (Å²) >= 11 is 13.5. The van der Waals surface area contributed by atoms with E-state index in [1.165, 1.54) is 11.3 Å². The van der Waals surface area contributed by atoms with Gasteiger partial charge in [-0.25, -0.2) is 9.59 Å². The van der Waals surface area contributed by atoms with Crippen LogP contribution in [-0.4, -0.2) is 27.4 Å². The topological polar surface area (TPSA) is 85.2 Å². The Hall–Kier alpha value is -2.55. The summed E-state index contributed by atoms with van der Waals surface area (Å²) in [5.41, 5.74) is 0.656. The number of hydrogen-bond donors (Lipinski definition) is 2. The van der Waals surface area contributed by atoms with E-state index in [-0.39, 0.29) is 11.3 Å². The van der Waals surface area contributed by atoms with Crippen molar-refractivity contribution in [1.29, 1.82) is 0 Å². The van der Waals surface area contributed by atoms with Crippen molar-refractivity contribution in [2.75, 3.05) is 10.6 Å². The lowest BCUT2D eigenvalue weighted by Gasteiger charge is -2.19. The molecule has 0 saturated heterocycles. The molecule has 10 heteroatoms. The lowest BCUT2D eigenvalue weighted by molar-refractivity contribution is 0.00713. The fraction of sp³-hybridized carbons (Fsp3) is 0.250. The Bertz CT molecular complexity index is 1080. The van der Waals surface area contributed by atoms with Gasteiger partial charge in [-0.1, -0.05) is 29.3 Å². The zero-order valence-electron chi connectivity index (χ0n) is 16.7. The zero-order chi connectivity index (χ0) is 22.1. The van der Waals surface area contributed by atoms with E-state index in [2.05, 4.69) is 15.7 Å². The van der Waals surface area contributed by atoms with Gasteiger partial charge >= 0.3 is 12.0 Å². The minimum atomic E-state index is -0.682. The number of esters is 1. The molecule has 2 heterocycles. The maximum absolute atomic E-state index is 12.7. The van der Waals surface area contributed by atoms with E-state index in [0.29, 0.717) is 15.0 Å². The van der Waals surface area contributed by atoms with Gasteiger partial charge in [-0.2, -0.15) is 5.10 Å². The highest BCUT2D eigenvalue weighted by molar-refractivity contribution is 7.20. The van der Waals surface area contributed by atoms with E-state index >= 15 is 0 Å². The molecule has 2 aromatic heterocycles. The highest BCUT2D eigenvalue weighted by Gasteiger charge is 2.25. The number of ether oxygens (including phenoxy) is 1. The summed E-state index contributed by atoms with van der Waals surface area (Å²) in [5.74, 6) is -0.542. The van der Waals surface area contributed by atoms with Gasteiger partial charge in [0.2, 0.25) is 0 Å². The summed E-state index contributed by atoms with van der Waals surface area (Å²) in [5, 5.41) is 10.4. The number of aromatic nitrogens is 2. The third-order valence-corrected chi connectivity index (χ3v) is 5.50. The summed E-state index contributed by atoms with van der Waals surface area (Å²) in [6.45, 7) is 5.33. The maximum atomic E-state index is 12.7. The average molecular weight is 467 g/mol. The van der Waals surface area contributed by atoms with Crippen molar-refractivity contribution < 1.29 is 14.3 Å². The minimum Gasteiger partial charge on any atom is -0.456 e. The predicted molar refractivity (Wildman–Crippen MR) is 121 cm³/mol. The number of anilines is 2. The van der Waals surface area contributed by atoms with Crippen LogP contribution in [0.2, 0.25) is 10.0 Å². The Labute approximate surface area is 187 Å². The predicted octanol–water partition coefficient (Wildman–Crippen LogP) is 6.05. The van der Waals surface area contributed by atoms with Crippen molar-refractivity contribution in [3.05, 3.63) is 52.3 Å². The first-order valence-electron chi connectivity index (χ1n) is 8.92. The number of aryl methyl sites for hydroxylation is 1. The molecule has 0 atom stereocenters. The lowest BCUT2D eigenvalue weighted by Crippen LogP contribution is -2.25. The number of thiophene rings is 1. The van der Waals surface area contributed by atoms with E-state index in [9.17, 15) is 9.59 Å². The van der Waals surface area contributed by atoms with Gasteiger partial charge in [0.15, 0.2) is 0 Å². The van der Waals surface area contributed by atoms with Crippen LogP contribution < -0.4 is 10.6 Å². The molecule has 2 N–H and O–H groups in total. The van der Waals surface area contributed by atoms with Crippen molar-refractivity contribution in [3.63, 3.8) is 0 Å². The SMILES string of the molecule is Cn1cc(-c2cc(C(=O)OC(C)(C)C)c(NC(=O)Nc3c(Cl)cccc3Cl)s2)cn1. The third kappa shape index (κ3) is 5.33. The van der Waals surface area contributed by atoms with Gasteiger partial charge in [0.05, 0.1) is 27.5 Å². The van der Waals surface area contributed by atoms with Gasteiger partial charge in [-0.05, 0) is 39.0 Å². The molecule has 0 aliphatic rings. The summed E-state index contributed by atoms with van der Waals surface area (Å²) in [7, 11) is 1.80. The Balaban J connectivity index is 1.90. The molecule has 0 bridgehead atoms. The Morgan fingerprint density at radius 2 is 1.83 bits per heavy atom. The summed E-state index contributed by atoms with van der Waals surface area (Å²) in [6, 6.07) is 5.98. The highest BCUT2D eigenvalue weighted by Crippen LogP contribution is 2.37. The molecule has 0 saturated carbocycles. The van der Waals surface area contributed by atoms with Crippen molar-refractivity contribution in [2.24, 2.45) is 7.05 Å². The molecule has 0 spiro atoms.